The lowest BCUT2D eigenvalue weighted by atomic mass is 10.1. The molecule has 2 rings (SSSR count). The van der Waals surface area contributed by atoms with Crippen LogP contribution in [0.1, 0.15) is 38.9 Å². The zero-order valence-electron chi connectivity index (χ0n) is 12.2. The van der Waals surface area contributed by atoms with Gasteiger partial charge >= 0.3 is 0 Å². The second kappa shape index (κ2) is 5.91. The first-order valence-corrected chi connectivity index (χ1v) is 6.94. The average Bonchev–Trinajstić information content (AvgIpc) is 2.71. The Morgan fingerprint density at radius 1 is 1.16 bits per heavy atom. The summed E-state index contributed by atoms with van der Waals surface area (Å²) in [6, 6.07) is 10.6. The van der Waals surface area contributed by atoms with Crippen LogP contribution in [0.4, 0.5) is 11.6 Å². The fourth-order valence-electron chi connectivity index (χ4n) is 2.39. The molecule has 1 atom stereocenters. The van der Waals surface area contributed by atoms with Gasteiger partial charge in [0.1, 0.15) is 0 Å². The van der Waals surface area contributed by atoms with E-state index < -0.39 is 0 Å². The lowest BCUT2D eigenvalue weighted by Crippen LogP contribution is -2.10. The van der Waals surface area contributed by atoms with Crippen molar-refractivity contribution in [3.8, 4) is 0 Å². The van der Waals surface area contributed by atoms with Gasteiger partial charge < -0.3 is 9.88 Å². The zero-order valence-corrected chi connectivity index (χ0v) is 12.2. The Bertz CT molecular complexity index is 514. The van der Waals surface area contributed by atoms with E-state index >= 15 is 0 Å². The molecule has 0 fully saturated rings. The summed E-state index contributed by atoms with van der Waals surface area (Å²) in [6.45, 7) is 8.79. The standard InChI is InChI=1S/C16H23N3/c1-12(2)10-14(4)19-11-13(3)17-16(19)18-15-8-6-5-7-9-15/h5-9,11-12,14H,10H2,1-4H3,(H,17,18). The van der Waals surface area contributed by atoms with Crippen molar-refractivity contribution >= 4 is 11.6 Å². The SMILES string of the molecule is Cc1cn(C(C)CC(C)C)c(Nc2ccccc2)n1. The first-order valence-electron chi connectivity index (χ1n) is 6.94. The molecule has 0 saturated carbocycles. The van der Waals surface area contributed by atoms with Crippen molar-refractivity contribution in [1.29, 1.82) is 0 Å². The minimum absolute atomic E-state index is 0.451. The number of nitrogens with one attached hydrogen (secondary N) is 1. The van der Waals surface area contributed by atoms with E-state index in [0.29, 0.717) is 12.0 Å². The first kappa shape index (κ1) is 13.7. The summed E-state index contributed by atoms with van der Waals surface area (Å²) in [5.74, 6) is 1.61. The van der Waals surface area contributed by atoms with Gasteiger partial charge in [-0.05, 0) is 38.3 Å². The van der Waals surface area contributed by atoms with Gasteiger partial charge in [0.05, 0.1) is 5.69 Å². The molecule has 2 aromatic rings. The van der Waals surface area contributed by atoms with Crippen LogP contribution < -0.4 is 5.32 Å². The van der Waals surface area contributed by atoms with Crippen LogP contribution in [0.3, 0.4) is 0 Å². The molecule has 0 spiro atoms. The molecule has 1 unspecified atom stereocenters. The van der Waals surface area contributed by atoms with E-state index in [1.807, 2.05) is 25.1 Å². The van der Waals surface area contributed by atoms with Crippen LogP contribution in [0.2, 0.25) is 0 Å². The third-order valence-electron chi connectivity index (χ3n) is 3.17. The summed E-state index contributed by atoms with van der Waals surface area (Å²) in [5, 5.41) is 3.40. The number of aryl methyl sites for hydroxylation is 1. The van der Waals surface area contributed by atoms with Crippen molar-refractivity contribution in [2.45, 2.75) is 40.2 Å². The smallest absolute Gasteiger partial charge is 0.207 e. The third kappa shape index (κ3) is 3.60. The summed E-state index contributed by atoms with van der Waals surface area (Å²) in [7, 11) is 0. The lowest BCUT2D eigenvalue weighted by Gasteiger charge is -2.18. The Morgan fingerprint density at radius 2 is 1.84 bits per heavy atom. The second-order valence-electron chi connectivity index (χ2n) is 5.58. The summed E-state index contributed by atoms with van der Waals surface area (Å²) in [6.07, 6.45) is 3.28. The quantitative estimate of drug-likeness (QED) is 0.852. The summed E-state index contributed by atoms with van der Waals surface area (Å²) >= 11 is 0. The highest BCUT2D eigenvalue weighted by atomic mass is 15.2. The number of hydrogen-bond donors (Lipinski definition) is 1. The highest BCUT2D eigenvalue weighted by molar-refractivity contribution is 5.53. The van der Waals surface area contributed by atoms with Crippen LogP contribution >= 0.6 is 0 Å². The molecular formula is C16H23N3. The molecule has 0 aliphatic rings. The van der Waals surface area contributed by atoms with Crippen LogP contribution in [0.15, 0.2) is 36.5 Å². The predicted octanol–water partition coefficient (Wildman–Crippen LogP) is 4.54. The van der Waals surface area contributed by atoms with E-state index in [9.17, 15) is 0 Å². The summed E-state index contributed by atoms with van der Waals surface area (Å²) in [5.41, 5.74) is 2.13. The lowest BCUT2D eigenvalue weighted by molar-refractivity contribution is 0.431. The number of rotatable bonds is 5. The molecule has 3 heteroatoms. The molecule has 0 bridgehead atoms. The van der Waals surface area contributed by atoms with E-state index in [1.165, 1.54) is 0 Å². The molecule has 0 aliphatic heterocycles. The number of para-hydroxylation sites is 1. The van der Waals surface area contributed by atoms with Crippen LogP contribution in [0.5, 0.6) is 0 Å². The van der Waals surface area contributed by atoms with Crippen molar-refractivity contribution in [1.82, 2.24) is 9.55 Å². The number of imidazole rings is 1. The van der Waals surface area contributed by atoms with E-state index in [2.05, 4.69) is 54.0 Å². The van der Waals surface area contributed by atoms with Crippen LogP contribution in [0.25, 0.3) is 0 Å². The third-order valence-corrected chi connectivity index (χ3v) is 3.17. The largest absolute Gasteiger partial charge is 0.326 e. The number of hydrogen-bond acceptors (Lipinski definition) is 2. The monoisotopic (exact) mass is 257 g/mol. The summed E-state index contributed by atoms with van der Waals surface area (Å²) in [4.78, 5) is 4.59. The fraction of sp³-hybridized carbons (Fsp3) is 0.438. The second-order valence-corrected chi connectivity index (χ2v) is 5.58. The number of benzene rings is 1. The van der Waals surface area contributed by atoms with Gasteiger partial charge in [0.2, 0.25) is 5.95 Å². The molecule has 0 radical (unpaired) electrons. The minimum Gasteiger partial charge on any atom is -0.326 e. The van der Waals surface area contributed by atoms with E-state index in [-0.39, 0.29) is 0 Å². The Balaban J connectivity index is 2.21. The van der Waals surface area contributed by atoms with Crippen molar-refractivity contribution in [3.05, 3.63) is 42.2 Å². The first-order chi connectivity index (χ1) is 9.06. The topological polar surface area (TPSA) is 29.9 Å². The molecule has 19 heavy (non-hydrogen) atoms. The van der Waals surface area contributed by atoms with Gasteiger partial charge in [-0.25, -0.2) is 4.98 Å². The molecule has 0 amide bonds. The molecule has 1 heterocycles. The van der Waals surface area contributed by atoms with Gasteiger partial charge in [-0.2, -0.15) is 0 Å². The van der Waals surface area contributed by atoms with Crippen molar-refractivity contribution in [3.63, 3.8) is 0 Å². The van der Waals surface area contributed by atoms with Gasteiger partial charge in [-0.1, -0.05) is 32.0 Å². The Kier molecular flexibility index (Phi) is 4.25. The van der Waals surface area contributed by atoms with Crippen molar-refractivity contribution in [2.24, 2.45) is 5.92 Å². The number of nitrogens with zero attached hydrogens (tertiary/aromatic N) is 2. The van der Waals surface area contributed by atoms with Crippen LogP contribution in [-0.4, -0.2) is 9.55 Å². The normalized spacial score (nSPS) is 12.7. The molecule has 102 valence electrons. The Morgan fingerprint density at radius 3 is 2.47 bits per heavy atom. The van der Waals surface area contributed by atoms with Gasteiger partial charge in [0.15, 0.2) is 0 Å². The van der Waals surface area contributed by atoms with Crippen molar-refractivity contribution < 1.29 is 0 Å². The zero-order chi connectivity index (χ0) is 13.8. The highest BCUT2D eigenvalue weighted by Crippen LogP contribution is 2.24. The van der Waals surface area contributed by atoms with Crippen molar-refractivity contribution in [2.75, 3.05) is 5.32 Å². The van der Waals surface area contributed by atoms with Gasteiger partial charge in [0, 0.05) is 17.9 Å². The Labute approximate surface area is 115 Å². The molecule has 0 saturated heterocycles. The highest BCUT2D eigenvalue weighted by Gasteiger charge is 2.13. The van der Waals surface area contributed by atoms with E-state index in [0.717, 1.165) is 23.8 Å². The van der Waals surface area contributed by atoms with E-state index in [4.69, 9.17) is 0 Å². The molecular weight excluding hydrogens is 234 g/mol. The molecule has 0 aliphatic carbocycles. The van der Waals surface area contributed by atoms with E-state index in [1.54, 1.807) is 0 Å². The maximum absolute atomic E-state index is 4.59. The molecule has 1 N–H and O–H groups in total. The number of aromatic nitrogens is 2. The predicted molar refractivity (Wildman–Crippen MR) is 80.9 cm³/mol. The fourth-order valence-corrected chi connectivity index (χ4v) is 2.39. The minimum atomic E-state index is 0.451. The number of anilines is 2. The summed E-state index contributed by atoms with van der Waals surface area (Å²) < 4.78 is 2.24. The Hall–Kier alpha value is -1.77. The van der Waals surface area contributed by atoms with Crippen LogP contribution in [-0.2, 0) is 0 Å². The molecule has 1 aromatic heterocycles. The maximum atomic E-state index is 4.59. The molecule has 1 aromatic carbocycles. The maximum Gasteiger partial charge on any atom is 0.207 e. The average molecular weight is 257 g/mol. The van der Waals surface area contributed by atoms with Gasteiger partial charge in [-0.3, -0.25) is 0 Å². The van der Waals surface area contributed by atoms with Gasteiger partial charge in [0.25, 0.3) is 0 Å². The van der Waals surface area contributed by atoms with Gasteiger partial charge in [-0.15, -0.1) is 0 Å². The van der Waals surface area contributed by atoms with Crippen LogP contribution in [0, 0.1) is 12.8 Å². The molecule has 3 nitrogen and oxygen atoms in total.